The van der Waals surface area contributed by atoms with Gasteiger partial charge in [0.15, 0.2) is 0 Å². The van der Waals surface area contributed by atoms with Crippen LogP contribution in [0.3, 0.4) is 0 Å². The molecule has 0 spiro atoms. The van der Waals surface area contributed by atoms with Gasteiger partial charge in [-0.3, -0.25) is 14.4 Å². The molecule has 6 nitrogen and oxygen atoms in total. The Morgan fingerprint density at radius 3 is 2.07 bits per heavy atom. The second-order valence-corrected chi connectivity index (χ2v) is 6.57. The quantitative estimate of drug-likeness (QED) is 0.786. The van der Waals surface area contributed by atoms with Gasteiger partial charge in [-0.1, -0.05) is 17.7 Å². The Hall–Kier alpha value is -2.86. The molecule has 2 aromatic carbocycles. The summed E-state index contributed by atoms with van der Waals surface area (Å²) in [5.41, 5.74) is 2.84. The van der Waals surface area contributed by atoms with Gasteiger partial charge in [0.05, 0.1) is 0 Å². The third-order valence-electron chi connectivity index (χ3n) is 3.90. The molecule has 0 radical (unpaired) electrons. The van der Waals surface area contributed by atoms with E-state index in [0.29, 0.717) is 22.1 Å². The average molecular weight is 388 g/mol. The fourth-order valence-corrected chi connectivity index (χ4v) is 2.67. The average Bonchev–Trinajstić information content (AvgIpc) is 2.59. The standard InChI is InChI=1S/C20H22ClN3O3/c1-13-4-9-18(12-19(13)21)24(15(3)26)11-10-20(27)23-17-7-5-16(6-8-17)22-14(2)25/h4-9,12H,10-11H2,1-3H3,(H,22,25)(H,23,27). The molecule has 0 saturated heterocycles. The molecule has 0 aliphatic carbocycles. The summed E-state index contributed by atoms with van der Waals surface area (Å²) < 4.78 is 0. The van der Waals surface area contributed by atoms with E-state index in [9.17, 15) is 14.4 Å². The molecule has 2 rings (SSSR count). The smallest absolute Gasteiger partial charge is 0.226 e. The number of carbonyl (C=O) groups excluding carboxylic acids is 3. The molecule has 27 heavy (non-hydrogen) atoms. The molecule has 0 bridgehead atoms. The second kappa shape index (κ2) is 9.19. The minimum atomic E-state index is -0.216. The van der Waals surface area contributed by atoms with Crippen LogP contribution in [-0.2, 0) is 14.4 Å². The van der Waals surface area contributed by atoms with Gasteiger partial charge in [-0.2, -0.15) is 0 Å². The van der Waals surface area contributed by atoms with Crippen molar-refractivity contribution >= 4 is 46.4 Å². The van der Waals surface area contributed by atoms with Crippen LogP contribution in [0, 0.1) is 6.92 Å². The van der Waals surface area contributed by atoms with Crippen molar-refractivity contribution in [2.45, 2.75) is 27.2 Å². The van der Waals surface area contributed by atoms with Crippen molar-refractivity contribution < 1.29 is 14.4 Å². The number of hydrogen-bond acceptors (Lipinski definition) is 3. The summed E-state index contributed by atoms with van der Waals surface area (Å²) in [6.45, 7) is 5.00. The van der Waals surface area contributed by atoms with Gasteiger partial charge in [0.1, 0.15) is 0 Å². The molecule has 142 valence electrons. The van der Waals surface area contributed by atoms with Gasteiger partial charge >= 0.3 is 0 Å². The Balaban J connectivity index is 1.96. The molecule has 7 heteroatoms. The molecular formula is C20H22ClN3O3. The van der Waals surface area contributed by atoms with Gasteiger partial charge in [-0.25, -0.2) is 0 Å². The van der Waals surface area contributed by atoms with Crippen LogP contribution in [0.25, 0.3) is 0 Å². The summed E-state index contributed by atoms with van der Waals surface area (Å²) in [6.07, 6.45) is 0.137. The van der Waals surface area contributed by atoms with Crippen molar-refractivity contribution in [3.8, 4) is 0 Å². The lowest BCUT2D eigenvalue weighted by molar-refractivity contribution is -0.117. The summed E-state index contributed by atoms with van der Waals surface area (Å²) in [5.74, 6) is -0.540. The first-order chi connectivity index (χ1) is 12.8. The largest absolute Gasteiger partial charge is 0.326 e. The molecule has 0 aromatic heterocycles. The molecule has 2 N–H and O–H groups in total. The summed E-state index contributed by atoms with van der Waals surface area (Å²) in [4.78, 5) is 36.7. The number of nitrogens with one attached hydrogen (secondary N) is 2. The number of halogens is 1. The number of carbonyl (C=O) groups is 3. The monoisotopic (exact) mass is 387 g/mol. The topological polar surface area (TPSA) is 78.5 Å². The summed E-state index contributed by atoms with van der Waals surface area (Å²) in [6, 6.07) is 12.2. The van der Waals surface area contributed by atoms with E-state index in [1.54, 1.807) is 36.4 Å². The number of anilines is 3. The number of amides is 3. The second-order valence-electron chi connectivity index (χ2n) is 6.16. The zero-order valence-electron chi connectivity index (χ0n) is 15.5. The van der Waals surface area contributed by atoms with Gasteiger partial charge < -0.3 is 15.5 Å². The van der Waals surface area contributed by atoms with E-state index in [1.165, 1.54) is 18.7 Å². The van der Waals surface area contributed by atoms with E-state index >= 15 is 0 Å². The number of benzene rings is 2. The van der Waals surface area contributed by atoms with E-state index < -0.39 is 0 Å². The number of hydrogen-bond donors (Lipinski definition) is 2. The lowest BCUT2D eigenvalue weighted by Crippen LogP contribution is -2.32. The van der Waals surface area contributed by atoms with Crippen molar-refractivity contribution in [2.24, 2.45) is 0 Å². The van der Waals surface area contributed by atoms with E-state index in [0.717, 1.165) is 5.56 Å². The molecule has 0 saturated carbocycles. The molecule has 0 fully saturated rings. The Labute approximate surface area is 163 Å². The zero-order valence-corrected chi connectivity index (χ0v) is 16.3. The first-order valence-corrected chi connectivity index (χ1v) is 8.86. The first-order valence-electron chi connectivity index (χ1n) is 8.48. The van der Waals surface area contributed by atoms with Crippen molar-refractivity contribution in [3.63, 3.8) is 0 Å². The molecule has 0 aliphatic heterocycles. The fourth-order valence-electron chi connectivity index (χ4n) is 2.50. The lowest BCUT2D eigenvalue weighted by Gasteiger charge is -2.21. The molecule has 0 atom stereocenters. The maximum absolute atomic E-state index is 12.2. The molecular weight excluding hydrogens is 366 g/mol. The lowest BCUT2D eigenvalue weighted by atomic mass is 10.2. The highest BCUT2D eigenvalue weighted by molar-refractivity contribution is 6.31. The SMILES string of the molecule is CC(=O)Nc1ccc(NC(=O)CCN(C(C)=O)c2ccc(C)c(Cl)c2)cc1. The predicted octanol–water partition coefficient (Wildman–Crippen LogP) is 3.99. The summed E-state index contributed by atoms with van der Waals surface area (Å²) in [5, 5.41) is 6.00. The molecule has 0 heterocycles. The van der Waals surface area contributed by atoms with Crippen LogP contribution in [0.4, 0.5) is 17.1 Å². The van der Waals surface area contributed by atoms with Gasteiger partial charge in [0.2, 0.25) is 17.7 Å². The predicted molar refractivity (Wildman–Crippen MR) is 108 cm³/mol. The number of nitrogens with zero attached hydrogens (tertiary/aromatic N) is 1. The van der Waals surface area contributed by atoms with E-state index in [-0.39, 0.29) is 30.7 Å². The fraction of sp³-hybridized carbons (Fsp3) is 0.250. The van der Waals surface area contributed by atoms with Crippen LogP contribution >= 0.6 is 11.6 Å². The van der Waals surface area contributed by atoms with Gasteiger partial charge in [0, 0.05) is 48.9 Å². The van der Waals surface area contributed by atoms with Crippen LogP contribution in [0.15, 0.2) is 42.5 Å². The number of aryl methyl sites for hydroxylation is 1. The Kier molecular flexibility index (Phi) is 6.96. The highest BCUT2D eigenvalue weighted by atomic mass is 35.5. The normalized spacial score (nSPS) is 10.2. The maximum Gasteiger partial charge on any atom is 0.226 e. The molecule has 0 unspecified atom stereocenters. The van der Waals surface area contributed by atoms with Crippen molar-refractivity contribution in [1.29, 1.82) is 0 Å². The van der Waals surface area contributed by atoms with Crippen LogP contribution in [0.5, 0.6) is 0 Å². The van der Waals surface area contributed by atoms with E-state index in [1.807, 2.05) is 13.0 Å². The van der Waals surface area contributed by atoms with Crippen LogP contribution in [0.1, 0.15) is 25.8 Å². The van der Waals surface area contributed by atoms with Crippen molar-refractivity contribution in [3.05, 3.63) is 53.1 Å². The highest BCUT2D eigenvalue weighted by Gasteiger charge is 2.14. The molecule has 0 aliphatic rings. The van der Waals surface area contributed by atoms with Crippen molar-refractivity contribution in [1.82, 2.24) is 0 Å². The Morgan fingerprint density at radius 1 is 0.963 bits per heavy atom. The van der Waals surface area contributed by atoms with Gasteiger partial charge in [-0.05, 0) is 48.9 Å². The van der Waals surface area contributed by atoms with Crippen molar-refractivity contribution in [2.75, 3.05) is 22.1 Å². The summed E-state index contributed by atoms with van der Waals surface area (Å²) >= 11 is 6.13. The van der Waals surface area contributed by atoms with Gasteiger partial charge in [-0.15, -0.1) is 0 Å². The van der Waals surface area contributed by atoms with Crippen LogP contribution in [-0.4, -0.2) is 24.3 Å². The minimum Gasteiger partial charge on any atom is -0.326 e. The zero-order chi connectivity index (χ0) is 20.0. The van der Waals surface area contributed by atoms with Crippen LogP contribution < -0.4 is 15.5 Å². The third kappa shape index (κ3) is 6.11. The van der Waals surface area contributed by atoms with E-state index in [4.69, 9.17) is 11.6 Å². The molecule has 2 aromatic rings. The highest BCUT2D eigenvalue weighted by Crippen LogP contribution is 2.23. The first kappa shape index (κ1) is 20.5. The van der Waals surface area contributed by atoms with Crippen LogP contribution in [0.2, 0.25) is 5.02 Å². The maximum atomic E-state index is 12.2. The minimum absolute atomic E-state index is 0.137. The van der Waals surface area contributed by atoms with E-state index in [2.05, 4.69) is 10.6 Å². The van der Waals surface area contributed by atoms with Gasteiger partial charge in [0.25, 0.3) is 0 Å². The third-order valence-corrected chi connectivity index (χ3v) is 4.31. The number of rotatable bonds is 6. The Bertz CT molecular complexity index is 850. The summed E-state index contributed by atoms with van der Waals surface area (Å²) in [7, 11) is 0. The Morgan fingerprint density at radius 2 is 1.56 bits per heavy atom. The molecule has 3 amide bonds.